The van der Waals surface area contributed by atoms with Crippen LogP contribution in [0.1, 0.15) is 25.6 Å². The molecule has 4 nitrogen and oxygen atoms in total. The third kappa shape index (κ3) is 3.01. The molecule has 0 radical (unpaired) electrons. The smallest absolute Gasteiger partial charge is 0.187 e. The van der Waals surface area contributed by atoms with Crippen LogP contribution in [0.2, 0.25) is 0 Å². The molecule has 0 atom stereocenters. The maximum atomic E-state index is 13.5. The molecule has 19 heavy (non-hydrogen) atoms. The molecular formula is C13H15FN2O2S. The van der Waals surface area contributed by atoms with Crippen LogP contribution in [0.15, 0.2) is 41.4 Å². The van der Waals surface area contributed by atoms with Gasteiger partial charge in [0.25, 0.3) is 0 Å². The minimum Gasteiger partial charge on any atom is -0.270 e. The minimum absolute atomic E-state index is 0.157. The van der Waals surface area contributed by atoms with Crippen molar-refractivity contribution in [3.8, 4) is 0 Å². The van der Waals surface area contributed by atoms with Crippen molar-refractivity contribution in [1.82, 2.24) is 9.78 Å². The summed E-state index contributed by atoms with van der Waals surface area (Å²) in [6.07, 6.45) is 1.72. The van der Waals surface area contributed by atoms with E-state index >= 15 is 0 Å². The van der Waals surface area contributed by atoms with Gasteiger partial charge in [0, 0.05) is 12.2 Å². The topological polar surface area (TPSA) is 52.0 Å². The Morgan fingerprint density at radius 3 is 2.53 bits per heavy atom. The van der Waals surface area contributed by atoms with E-state index < -0.39 is 15.7 Å². The molecule has 6 heteroatoms. The predicted molar refractivity (Wildman–Crippen MR) is 69.9 cm³/mol. The monoisotopic (exact) mass is 282 g/mol. The van der Waals surface area contributed by atoms with Gasteiger partial charge in [0.15, 0.2) is 9.84 Å². The predicted octanol–water partition coefficient (Wildman–Crippen LogP) is 2.58. The van der Waals surface area contributed by atoms with Crippen molar-refractivity contribution in [2.75, 3.05) is 0 Å². The minimum atomic E-state index is -3.71. The van der Waals surface area contributed by atoms with Gasteiger partial charge in [-0.05, 0) is 32.0 Å². The second-order valence-electron chi connectivity index (χ2n) is 4.57. The molecule has 0 unspecified atom stereocenters. The summed E-state index contributed by atoms with van der Waals surface area (Å²) < 4.78 is 39.4. The highest BCUT2D eigenvalue weighted by Gasteiger charge is 2.20. The number of nitrogens with zero attached hydrogens (tertiary/aromatic N) is 2. The average molecular weight is 282 g/mol. The lowest BCUT2D eigenvalue weighted by Crippen LogP contribution is -2.09. The SMILES string of the molecule is CC(C)n1ccc(CS(=O)(=O)c2ccccc2F)n1. The first-order chi connectivity index (χ1) is 8.90. The van der Waals surface area contributed by atoms with Crippen LogP contribution in [0, 0.1) is 5.82 Å². The van der Waals surface area contributed by atoms with Gasteiger partial charge in [-0.1, -0.05) is 12.1 Å². The molecule has 0 aliphatic heterocycles. The van der Waals surface area contributed by atoms with E-state index in [9.17, 15) is 12.8 Å². The van der Waals surface area contributed by atoms with Crippen LogP contribution >= 0.6 is 0 Å². The van der Waals surface area contributed by atoms with Crippen molar-refractivity contribution in [2.24, 2.45) is 0 Å². The van der Waals surface area contributed by atoms with E-state index in [-0.39, 0.29) is 16.7 Å². The number of benzene rings is 1. The Bertz CT molecular complexity index is 677. The summed E-state index contributed by atoms with van der Waals surface area (Å²) in [5, 5.41) is 4.17. The summed E-state index contributed by atoms with van der Waals surface area (Å²) in [6.45, 7) is 3.89. The van der Waals surface area contributed by atoms with Crippen LogP contribution in [0.5, 0.6) is 0 Å². The van der Waals surface area contributed by atoms with E-state index in [0.717, 1.165) is 6.07 Å². The fourth-order valence-electron chi connectivity index (χ4n) is 1.71. The number of hydrogen-bond acceptors (Lipinski definition) is 3. The third-order valence-corrected chi connectivity index (χ3v) is 4.38. The molecule has 102 valence electrons. The molecule has 0 amide bonds. The maximum Gasteiger partial charge on any atom is 0.187 e. The highest BCUT2D eigenvalue weighted by Crippen LogP contribution is 2.19. The molecule has 0 saturated heterocycles. The molecule has 0 bridgehead atoms. The molecule has 0 N–H and O–H groups in total. The molecule has 1 heterocycles. The van der Waals surface area contributed by atoms with Gasteiger partial charge >= 0.3 is 0 Å². The second-order valence-corrected chi connectivity index (χ2v) is 6.53. The molecule has 1 aromatic heterocycles. The number of sulfone groups is 1. The average Bonchev–Trinajstić information content (AvgIpc) is 2.77. The van der Waals surface area contributed by atoms with E-state index in [1.165, 1.54) is 18.2 Å². The molecule has 0 spiro atoms. The first kappa shape index (κ1) is 13.7. The summed E-state index contributed by atoms with van der Waals surface area (Å²) in [6, 6.07) is 7.16. The van der Waals surface area contributed by atoms with Crippen LogP contribution in [-0.4, -0.2) is 18.2 Å². The Morgan fingerprint density at radius 2 is 1.95 bits per heavy atom. The van der Waals surface area contributed by atoms with Crippen molar-refractivity contribution in [3.63, 3.8) is 0 Å². The summed E-state index contributed by atoms with van der Waals surface area (Å²) in [7, 11) is -3.71. The van der Waals surface area contributed by atoms with Crippen LogP contribution in [0.3, 0.4) is 0 Å². The second kappa shape index (κ2) is 5.13. The van der Waals surface area contributed by atoms with Gasteiger partial charge in [0.1, 0.15) is 10.7 Å². The summed E-state index contributed by atoms with van der Waals surface area (Å²) in [4.78, 5) is -0.283. The van der Waals surface area contributed by atoms with E-state index in [1.807, 2.05) is 13.8 Å². The Kier molecular flexibility index (Phi) is 3.71. The lowest BCUT2D eigenvalue weighted by molar-refractivity contribution is 0.527. The highest BCUT2D eigenvalue weighted by atomic mass is 32.2. The number of aromatic nitrogens is 2. The Morgan fingerprint density at radius 1 is 1.26 bits per heavy atom. The van der Waals surface area contributed by atoms with Crippen molar-refractivity contribution in [3.05, 3.63) is 48.0 Å². The molecule has 0 aliphatic carbocycles. The largest absolute Gasteiger partial charge is 0.270 e. The summed E-state index contributed by atoms with van der Waals surface area (Å²) in [5.74, 6) is -1.03. The number of rotatable bonds is 4. The fraction of sp³-hybridized carbons (Fsp3) is 0.308. The van der Waals surface area contributed by atoms with Crippen molar-refractivity contribution in [1.29, 1.82) is 0 Å². The highest BCUT2D eigenvalue weighted by molar-refractivity contribution is 7.90. The zero-order valence-electron chi connectivity index (χ0n) is 10.7. The van der Waals surface area contributed by atoms with E-state index in [0.29, 0.717) is 5.69 Å². The van der Waals surface area contributed by atoms with Crippen LogP contribution in [-0.2, 0) is 15.6 Å². The molecule has 0 saturated carbocycles. The first-order valence-corrected chi connectivity index (χ1v) is 7.56. The first-order valence-electron chi connectivity index (χ1n) is 5.91. The molecule has 0 fully saturated rings. The number of hydrogen-bond donors (Lipinski definition) is 0. The maximum absolute atomic E-state index is 13.5. The third-order valence-electron chi connectivity index (χ3n) is 2.70. The van der Waals surface area contributed by atoms with Gasteiger partial charge in [0.2, 0.25) is 0 Å². The van der Waals surface area contributed by atoms with Crippen molar-refractivity contribution in [2.45, 2.75) is 30.5 Å². The van der Waals surface area contributed by atoms with Crippen LogP contribution in [0.25, 0.3) is 0 Å². The lowest BCUT2D eigenvalue weighted by Gasteiger charge is -2.05. The standard InChI is InChI=1S/C13H15FN2O2S/c1-10(2)16-8-7-11(15-16)9-19(17,18)13-6-4-3-5-12(13)14/h3-8,10H,9H2,1-2H3. The molecule has 0 aliphatic rings. The molecule has 1 aromatic carbocycles. The van der Waals surface area contributed by atoms with Crippen molar-refractivity contribution < 1.29 is 12.8 Å². The molecular weight excluding hydrogens is 267 g/mol. The quantitative estimate of drug-likeness (QED) is 0.866. The van der Waals surface area contributed by atoms with Gasteiger partial charge in [-0.2, -0.15) is 5.10 Å². The lowest BCUT2D eigenvalue weighted by atomic mass is 10.3. The van der Waals surface area contributed by atoms with Gasteiger partial charge in [-0.25, -0.2) is 12.8 Å². The van der Waals surface area contributed by atoms with Crippen LogP contribution in [0.4, 0.5) is 4.39 Å². The van der Waals surface area contributed by atoms with E-state index in [2.05, 4.69) is 5.10 Å². The fourth-order valence-corrected chi connectivity index (χ4v) is 3.06. The van der Waals surface area contributed by atoms with Gasteiger partial charge in [0.05, 0.1) is 11.4 Å². The van der Waals surface area contributed by atoms with Gasteiger partial charge in [-0.15, -0.1) is 0 Å². The summed E-state index contributed by atoms with van der Waals surface area (Å²) >= 11 is 0. The zero-order valence-corrected chi connectivity index (χ0v) is 11.6. The Balaban J connectivity index is 2.29. The normalized spacial score (nSPS) is 12.0. The van der Waals surface area contributed by atoms with E-state index in [4.69, 9.17) is 0 Å². The summed E-state index contributed by atoms with van der Waals surface area (Å²) in [5.41, 5.74) is 0.414. The zero-order chi connectivity index (χ0) is 14.0. The molecule has 2 aromatic rings. The van der Waals surface area contributed by atoms with Crippen molar-refractivity contribution >= 4 is 9.84 Å². The Hall–Kier alpha value is -1.69. The molecule has 2 rings (SSSR count). The van der Waals surface area contributed by atoms with Gasteiger partial charge < -0.3 is 0 Å². The number of halogens is 1. The Labute approximate surface area is 111 Å². The van der Waals surface area contributed by atoms with E-state index in [1.54, 1.807) is 16.9 Å². The van der Waals surface area contributed by atoms with Gasteiger partial charge in [-0.3, -0.25) is 4.68 Å². The van der Waals surface area contributed by atoms with Crippen LogP contribution < -0.4 is 0 Å².